The summed E-state index contributed by atoms with van der Waals surface area (Å²) in [6, 6.07) is 0. The minimum atomic E-state index is 0.182. The van der Waals surface area contributed by atoms with E-state index in [1.165, 1.54) is 24.0 Å². The number of rotatable bonds is 3. The van der Waals surface area contributed by atoms with Crippen LogP contribution in [0.15, 0.2) is 41.7 Å². The van der Waals surface area contributed by atoms with Crippen molar-refractivity contribution in [2.24, 2.45) is 16.3 Å². The molecule has 1 aromatic heterocycles. The first-order chi connectivity index (χ1) is 9.94. The summed E-state index contributed by atoms with van der Waals surface area (Å²) in [4.78, 5) is 13.3. The van der Waals surface area contributed by atoms with Crippen LogP contribution < -0.4 is 0 Å². The van der Waals surface area contributed by atoms with E-state index >= 15 is 0 Å². The van der Waals surface area contributed by atoms with Crippen molar-refractivity contribution in [2.75, 3.05) is 0 Å². The molecule has 3 nitrogen and oxygen atoms in total. The van der Waals surface area contributed by atoms with Crippen molar-refractivity contribution in [3.8, 4) is 0 Å². The molecule has 1 aromatic rings. The van der Waals surface area contributed by atoms with Crippen LogP contribution in [0.5, 0.6) is 0 Å². The number of allylic oxidation sites excluding steroid dienone is 2. The average molecular weight is 281 g/mol. The van der Waals surface area contributed by atoms with Crippen LogP contribution in [0.1, 0.15) is 51.3 Å². The van der Waals surface area contributed by atoms with E-state index in [4.69, 9.17) is 0 Å². The molecule has 1 heterocycles. The molecule has 2 saturated carbocycles. The van der Waals surface area contributed by atoms with Crippen LogP contribution in [0.2, 0.25) is 0 Å². The topological polar surface area (TPSA) is 38.1 Å². The Morgan fingerprint density at radius 3 is 2.24 bits per heavy atom. The van der Waals surface area contributed by atoms with Gasteiger partial charge in [-0.25, -0.2) is 9.97 Å². The molecule has 3 rings (SSSR count). The van der Waals surface area contributed by atoms with Crippen molar-refractivity contribution >= 4 is 11.9 Å². The number of hydrogen-bond acceptors (Lipinski definition) is 3. The van der Waals surface area contributed by atoms with Crippen LogP contribution in [0.3, 0.4) is 0 Å². The van der Waals surface area contributed by atoms with Crippen LogP contribution >= 0.6 is 0 Å². The second-order valence-corrected chi connectivity index (χ2v) is 7.16. The molecule has 0 aromatic carbocycles. The van der Waals surface area contributed by atoms with Crippen molar-refractivity contribution in [3.63, 3.8) is 0 Å². The van der Waals surface area contributed by atoms with Crippen LogP contribution in [0.25, 0.3) is 0 Å². The smallest absolute Gasteiger partial charge is 0.131 e. The van der Waals surface area contributed by atoms with Gasteiger partial charge in [0.25, 0.3) is 0 Å². The zero-order chi connectivity index (χ0) is 15.0. The summed E-state index contributed by atoms with van der Waals surface area (Å²) in [5.41, 5.74) is 3.49. The average Bonchev–Trinajstić information content (AvgIpc) is 3.21. The molecule has 21 heavy (non-hydrogen) atoms. The van der Waals surface area contributed by atoms with Gasteiger partial charge in [-0.3, -0.25) is 4.99 Å². The summed E-state index contributed by atoms with van der Waals surface area (Å²) < 4.78 is 0. The van der Waals surface area contributed by atoms with Gasteiger partial charge in [-0.2, -0.15) is 0 Å². The number of nitrogens with zero attached hydrogens (tertiary/aromatic N) is 3. The van der Waals surface area contributed by atoms with E-state index in [0.717, 1.165) is 24.4 Å². The Kier molecular flexibility index (Phi) is 3.52. The third kappa shape index (κ3) is 3.29. The standard InChI is InChI=1S/C18H23N3/c1-12-7-18(3,4)8-13(2)16(12)11-19-15-9-20-17(21-10-15)14-5-6-14/h9-11,14,16H,1-2,5-8H2,3-4H3. The maximum absolute atomic E-state index is 4.53. The lowest BCUT2D eigenvalue weighted by Gasteiger charge is -2.36. The maximum Gasteiger partial charge on any atom is 0.131 e. The molecule has 0 N–H and O–H groups in total. The van der Waals surface area contributed by atoms with Crippen molar-refractivity contribution < 1.29 is 0 Å². The lowest BCUT2D eigenvalue weighted by molar-refractivity contribution is 0.323. The SMILES string of the molecule is C=C1CC(C)(C)CC(=C)C1C=Nc1cnc(C2CC2)nc1. The molecular weight excluding hydrogens is 258 g/mol. The van der Waals surface area contributed by atoms with Gasteiger partial charge in [-0.15, -0.1) is 0 Å². The Bertz CT molecular complexity index is 571. The van der Waals surface area contributed by atoms with E-state index in [-0.39, 0.29) is 11.3 Å². The Morgan fingerprint density at radius 1 is 1.14 bits per heavy atom. The fourth-order valence-corrected chi connectivity index (χ4v) is 3.12. The zero-order valence-corrected chi connectivity index (χ0v) is 13.0. The van der Waals surface area contributed by atoms with Gasteiger partial charge in [0.05, 0.1) is 18.1 Å². The van der Waals surface area contributed by atoms with Gasteiger partial charge in [-0.05, 0) is 31.1 Å². The van der Waals surface area contributed by atoms with Gasteiger partial charge in [-0.1, -0.05) is 38.2 Å². The van der Waals surface area contributed by atoms with Crippen LogP contribution in [0.4, 0.5) is 5.69 Å². The predicted octanol–water partition coefficient (Wildman–Crippen LogP) is 4.60. The second kappa shape index (κ2) is 5.21. The molecule has 0 amide bonds. The summed E-state index contributed by atoms with van der Waals surface area (Å²) in [5, 5.41) is 0. The number of aliphatic imine (C=N–C) groups is 1. The summed E-state index contributed by atoms with van der Waals surface area (Å²) in [5.74, 6) is 1.73. The second-order valence-electron chi connectivity index (χ2n) is 7.16. The van der Waals surface area contributed by atoms with Crippen molar-refractivity contribution in [2.45, 2.75) is 45.4 Å². The molecule has 2 fully saturated rings. The third-order valence-electron chi connectivity index (χ3n) is 4.26. The lowest BCUT2D eigenvalue weighted by Crippen LogP contribution is -2.25. The minimum Gasteiger partial charge on any atom is -0.257 e. The lowest BCUT2D eigenvalue weighted by atomic mass is 9.69. The summed E-state index contributed by atoms with van der Waals surface area (Å²) >= 11 is 0. The highest BCUT2D eigenvalue weighted by molar-refractivity contribution is 5.72. The first-order valence-electron chi connectivity index (χ1n) is 7.66. The first kappa shape index (κ1) is 14.2. The quantitative estimate of drug-likeness (QED) is 0.599. The van der Waals surface area contributed by atoms with E-state index in [1.54, 1.807) is 0 Å². The van der Waals surface area contributed by atoms with Crippen LogP contribution in [-0.2, 0) is 0 Å². The molecular formula is C18H23N3. The van der Waals surface area contributed by atoms with Gasteiger partial charge in [0, 0.05) is 18.1 Å². The largest absolute Gasteiger partial charge is 0.257 e. The number of hydrogen-bond donors (Lipinski definition) is 0. The molecule has 2 aliphatic carbocycles. The molecule has 0 atom stereocenters. The van der Waals surface area contributed by atoms with Gasteiger partial charge >= 0.3 is 0 Å². The number of aromatic nitrogens is 2. The summed E-state index contributed by atoms with van der Waals surface area (Å²) in [6.45, 7) is 13.0. The van der Waals surface area contributed by atoms with Gasteiger partial charge in [0.1, 0.15) is 5.82 Å². The van der Waals surface area contributed by atoms with Gasteiger partial charge in [0.15, 0.2) is 0 Å². The Morgan fingerprint density at radius 2 is 1.71 bits per heavy atom. The van der Waals surface area contributed by atoms with Crippen molar-refractivity contribution in [3.05, 3.63) is 42.5 Å². The van der Waals surface area contributed by atoms with Crippen molar-refractivity contribution in [1.82, 2.24) is 9.97 Å². The molecule has 3 heteroatoms. The monoisotopic (exact) mass is 281 g/mol. The molecule has 0 spiro atoms. The van der Waals surface area contributed by atoms with Gasteiger partial charge < -0.3 is 0 Å². The van der Waals surface area contributed by atoms with E-state index in [0.29, 0.717) is 5.92 Å². The van der Waals surface area contributed by atoms with Crippen molar-refractivity contribution in [1.29, 1.82) is 0 Å². The van der Waals surface area contributed by atoms with E-state index in [1.807, 2.05) is 18.6 Å². The highest BCUT2D eigenvalue weighted by Crippen LogP contribution is 2.43. The highest BCUT2D eigenvalue weighted by atomic mass is 14.9. The maximum atomic E-state index is 4.53. The fourth-order valence-electron chi connectivity index (χ4n) is 3.12. The summed E-state index contributed by atoms with van der Waals surface area (Å²) in [7, 11) is 0. The highest BCUT2D eigenvalue weighted by Gasteiger charge is 2.31. The molecule has 0 radical (unpaired) electrons. The molecule has 110 valence electrons. The molecule has 0 saturated heterocycles. The molecule has 0 aliphatic heterocycles. The molecule has 0 bridgehead atoms. The third-order valence-corrected chi connectivity index (χ3v) is 4.26. The van der Waals surface area contributed by atoms with E-state index < -0.39 is 0 Å². The zero-order valence-electron chi connectivity index (χ0n) is 13.0. The Balaban J connectivity index is 1.70. The van der Waals surface area contributed by atoms with Gasteiger partial charge in [0.2, 0.25) is 0 Å². The Labute approximate surface area is 126 Å². The molecule has 0 unspecified atom stereocenters. The van der Waals surface area contributed by atoms with E-state index in [2.05, 4.69) is 42.0 Å². The van der Waals surface area contributed by atoms with E-state index in [9.17, 15) is 0 Å². The fraction of sp³-hybridized carbons (Fsp3) is 0.500. The predicted molar refractivity (Wildman–Crippen MR) is 86.9 cm³/mol. The first-order valence-corrected chi connectivity index (χ1v) is 7.66. The summed E-state index contributed by atoms with van der Waals surface area (Å²) in [6.07, 6.45) is 10.1. The van der Waals surface area contributed by atoms with Crippen LogP contribution in [0, 0.1) is 11.3 Å². The minimum absolute atomic E-state index is 0.182. The Hall–Kier alpha value is -1.77. The normalized spacial score (nSPS) is 23.0. The van der Waals surface area contributed by atoms with Crippen LogP contribution in [-0.4, -0.2) is 16.2 Å². The molecule has 2 aliphatic rings.